The van der Waals surface area contributed by atoms with Crippen molar-refractivity contribution in [3.63, 3.8) is 0 Å². The minimum atomic E-state index is -0.379. The fraction of sp³-hybridized carbons (Fsp3) is 0.375. The largest absolute Gasteiger partial charge is 0.379 e. The molecule has 1 aliphatic carbocycles. The summed E-state index contributed by atoms with van der Waals surface area (Å²) in [6.45, 7) is 4.24. The fourth-order valence-corrected chi connectivity index (χ4v) is 4.26. The molecule has 6 rings (SSSR count). The Hall–Kier alpha value is -3.83. The molecule has 4 heterocycles. The van der Waals surface area contributed by atoms with Crippen LogP contribution in [0.25, 0.3) is 11.7 Å². The van der Waals surface area contributed by atoms with Crippen LogP contribution in [0.15, 0.2) is 36.0 Å². The van der Waals surface area contributed by atoms with Gasteiger partial charge in [0.05, 0.1) is 25.8 Å². The number of amides is 2. The van der Waals surface area contributed by atoms with E-state index in [1.54, 1.807) is 16.8 Å². The minimum Gasteiger partial charge on any atom is -0.379 e. The van der Waals surface area contributed by atoms with Crippen molar-refractivity contribution in [3.8, 4) is 0 Å². The van der Waals surface area contributed by atoms with Gasteiger partial charge in [-0.3, -0.25) is 19.8 Å². The Kier molecular flexibility index (Phi) is 5.63. The highest BCUT2D eigenvalue weighted by atomic mass is 16.5. The third-order valence-electron chi connectivity index (χ3n) is 6.22. The SMILES string of the molecule is O=C1C/C(=C\c2cnn3c(NC4CC4)nc(Nc4cccc(CN5CCOCC5)c4)nc23)C(=O)N1. The Morgan fingerprint density at radius 1 is 1.17 bits per heavy atom. The molecule has 3 aliphatic rings. The first-order valence-corrected chi connectivity index (χ1v) is 11.8. The molecule has 3 fully saturated rings. The normalized spacial score (nSPS) is 19.9. The highest BCUT2D eigenvalue weighted by Crippen LogP contribution is 2.27. The standard InChI is InChI=1S/C24H26N8O3/c33-20-12-16(22(34)28-20)11-17-13-25-32-21(17)29-23(30-24(32)27-18-4-5-18)26-19-3-1-2-15(10-19)14-31-6-8-35-9-7-31/h1-3,10-11,13,18H,4-9,12,14H2,(H,28,33,34)(H2,26,27,29,30)/b16-11+. The number of nitrogens with one attached hydrogen (secondary N) is 3. The summed E-state index contributed by atoms with van der Waals surface area (Å²) in [5.74, 6) is 0.329. The maximum atomic E-state index is 12.1. The molecule has 1 saturated carbocycles. The number of fused-ring (bicyclic) bond motifs is 1. The number of imide groups is 1. The maximum absolute atomic E-state index is 12.1. The van der Waals surface area contributed by atoms with Crippen LogP contribution in [0, 0.1) is 0 Å². The molecule has 35 heavy (non-hydrogen) atoms. The smallest absolute Gasteiger partial charge is 0.254 e. The number of aromatic nitrogens is 4. The number of anilines is 3. The van der Waals surface area contributed by atoms with Gasteiger partial charge in [-0.1, -0.05) is 12.1 Å². The molecule has 2 aliphatic heterocycles. The van der Waals surface area contributed by atoms with E-state index < -0.39 is 0 Å². The van der Waals surface area contributed by atoms with Gasteiger partial charge in [-0.25, -0.2) is 0 Å². The highest BCUT2D eigenvalue weighted by Gasteiger charge is 2.26. The lowest BCUT2D eigenvalue weighted by Gasteiger charge is -2.26. The van der Waals surface area contributed by atoms with E-state index in [0.29, 0.717) is 34.7 Å². The monoisotopic (exact) mass is 474 g/mol. The van der Waals surface area contributed by atoms with Crippen LogP contribution in [-0.2, 0) is 20.9 Å². The van der Waals surface area contributed by atoms with Crippen molar-refractivity contribution in [2.45, 2.75) is 31.8 Å². The lowest BCUT2D eigenvalue weighted by atomic mass is 10.1. The maximum Gasteiger partial charge on any atom is 0.254 e. The molecule has 0 radical (unpaired) electrons. The first-order chi connectivity index (χ1) is 17.1. The molecule has 2 saturated heterocycles. The molecule has 180 valence electrons. The molecular weight excluding hydrogens is 448 g/mol. The zero-order valence-electron chi connectivity index (χ0n) is 19.2. The summed E-state index contributed by atoms with van der Waals surface area (Å²) < 4.78 is 7.09. The van der Waals surface area contributed by atoms with Crippen molar-refractivity contribution in [2.24, 2.45) is 0 Å². The van der Waals surface area contributed by atoms with E-state index in [2.05, 4.69) is 43.1 Å². The second-order valence-corrected chi connectivity index (χ2v) is 9.06. The minimum absolute atomic E-state index is 0.0511. The van der Waals surface area contributed by atoms with E-state index in [1.165, 1.54) is 5.56 Å². The summed E-state index contributed by atoms with van der Waals surface area (Å²) >= 11 is 0. The predicted octanol–water partition coefficient (Wildman–Crippen LogP) is 1.70. The predicted molar refractivity (Wildman–Crippen MR) is 129 cm³/mol. The molecular formula is C24H26N8O3. The first kappa shape index (κ1) is 21.7. The average molecular weight is 475 g/mol. The van der Waals surface area contributed by atoms with Crippen LogP contribution in [0.4, 0.5) is 17.6 Å². The number of carbonyl (C=O) groups excluding carboxylic acids is 2. The molecule has 3 aromatic rings. The van der Waals surface area contributed by atoms with Gasteiger partial charge in [0.1, 0.15) is 0 Å². The highest BCUT2D eigenvalue weighted by molar-refractivity contribution is 6.15. The van der Waals surface area contributed by atoms with Gasteiger partial charge in [0, 0.05) is 42.5 Å². The Balaban J connectivity index is 1.30. The summed E-state index contributed by atoms with van der Waals surface area (Å²) in [5, 5.41) is 13.5. The van der Waals surface area contributed by atoms with Crippen LogP contribution in [0.1, 0.15) is 30.4 Å². The molecule has 3 N–H and O–H groups in total. The number of carbonyl (C=O) groups is 2. The average Bonchev–Trinajstić information content (AvgIpc) is 3.48. The van der Waals surface area contributed by atoms with Crippen LogP contribution in [0.2, 0.25) is 0 Å². The van der Waals surface area contributed by atoms with E-state index in [0.717, 1.165) is 51.4 Å². The fourth-order valence-electron chi connectivity index (χ4n) is 4.26. The Bertz CT molecular complexity index is 1320. The van der Waals surface area contributed by atoms with Crippen LogP contribution >= 0.6 is 0 Å². The van der Waals surface area contributed by atoms with Crippen molar-refractivity contribution < 1.29 is 14.3 Å². The summed E-state index contributed by atoms with van der Waals surface area (Å²) in [5.41, 5.74) is 3.68. The molecule has 0 spiro atoms. The number of nitrogens with zero attached hydrogens (tertiary/aromatic N) is 5. The molecule has 0 atom stereocenters. The van der Waals surface area contributed by atoms with E-state index in [1.807, 2.05) is 12.1 Å². The molecule has 0 unspecified atom stereocenters. The number of morpholine rings is 1. The topological polar surface area (TPSA) is 126 Å². The Morgan fingerprint density at radius 3 is 2.80 bits per heavy atom. The van der Waals surface area contributed by atoms with Gasteiger partial charge in [0.25, 0.3) is 5.91 Å². The Labute approximate surface area is 201 Å². The van der Waals surface area contributed by atoms with E-state index in [-0.39, 0.29) is 18.2 Å². The third kappa shape index (κ3) is 4.86. The number of hydrogen-bond donors (Lipinski definition) is 3. The quantitative estimate of drug-likeness (QED) is 0.346. The Morgan fingerprint density at radius 2 is 2.03 bits per heavy atom. The molecule has 1 aromatic carbocycles. The van der Waals surface area contributed by atoms with Crippen molar-refractivity contribution in [1.29, 1.82) is 0 Å². The molecule has 11 nitrogen and oxygen atoms in total. The van der Waals surface area contributed by atoms with E-state index in [9.17, 15) is 9.59 Å². The van der Waals surface area contributed by atoms with Gasteiger partial charge >= 0.3 is 0 Å². The second-order valence-electron chi connectivity index (χ2n) is 9.06. The first-order valence-electron chi connectivity index (χ1n) is 11.8. The van der Waals surface area contributed by atoms with Gasteiger partial charge in [-0.15, -0.1) is 0 Å². The van der Waals surface area contributed by atoms with Gasteiger partial charge in [-0.2, -0.15) is 19.6 Å². The lowest BCUT2D eigenvalue weighted by Crippen LogP contribution is -2.35. The number of benzene rings is 1. The third-order valence-corrected chi connectivity index (χ3v) is 6.22. The number of hydrogen-bond acceptors (Lipinski definition) is 9. The molecule has 11 heteroatoms. The molecule has 2 aromatic heterocycles. The number of ether oxygens (including phenoxy) is 1. The van der Waals surface area contributed by atoms with Crippen molar-refractivity contribution in [1.82, 2.24) is 29.8 Å². The van der Waals surface area contributed by atoms with Crippen LogP contribution in [0.5, 0.6) is 0 Å². The van der Waals surface area contributed by atoms with E-state index >= 15 is 0 Å². The van der Waals surface area contributed by atoms with Gasteiger partial charge < -0.3 is 15.4 Å². The lowest BCUT2D eigenvalue weighted by molar-refractivity contribution is -0.124. The zero-order valence-corrected chi connectivity index (χ0v) is 19.2. The molecule has 2 amide bonds. The van der Waals surface area contributed by atoms with Crippen LogP contribution < -0.4 is 16.0 Å². The van der Waals surface area contributed by atoms with Gasteiger partial charge in [-0.05, 0) is 36.6 Å². The summed E-state index contributed by atoms with van der Waals surface area (Å²) in [6, 6.07) is 8.58. The zero-order chi connectivity index (χ0) is 23.8. The van der Waals surface area contributed by atoms with Crippen molar-refractivity contribution >= 4 is 41.1 Å². The van der Waals surface area contributed by atoms with E-state index in [4.69, 9.17) is 9.72 Å². The van der Waals surface area contributed by atoms with Crippen molar-refractivity contribution in [2.75, 3.05) is 36.9 Å². The van der Waals surface area contributed by atoms with Gasteiger partial charge in [0.2, 0.25) is 17.8 Å². The summed E-state index contributed by atoms with van der Waals surface area (Å²) in [4.78, 5) is 35.4. The van der Waals surface area contributed by atoms with Crippen LogP contribution in [-0.4, -0.2) is 68.6 Å². The second kappa shape index (κ2) is 9.08. The summed E-state index contributed by atoms with van der Waals surface area (Å²) in [6.07, 6.45) is 5.52. The summed E-state index contributed by atoms with van der Waals surface area (Å²) in [7, 11) is 0. The van der Waals surface area contributed by atoms with Crippen molar-refractivity contribution in [3.05, 3.63) is 47.2 Å². The number of rotatable bonds is 7. The van der Waals surface area contributed by atoms with Gasteiger partial charge in [0.15, 0.2) is 5.65 Å². The van der Waals surface area contributed by atoms with Crippen LogP contribution in [0.3, 0.4) is 0 Å². The molecule has 0 bridgehead atoms.